The van der Waals surface area contributed by atoms with Gasteiger partial charge in [0.1, 0.15) is 0 Å². The molecule has 0 bridgehead atoms. The van der Waals surface area contributed by atoms with E-state index >= 15 is 0 Å². The van der Waals surface area contributed by atoms with E-state index in [1.54, 1.807) is 20.8 Å². The zero-order valence-corrected chi connectivity index (χ0v) is 13.3. The molecule has 0 amide bonds. The summed E-state index contributed by atoms with van der Waals surface area (Å²) in [5, 5.41) is 22.9. The zero-order chi connectivity index (χ0) is 15.9. The van der Waals surface area contributed by atoms with Gasteiger partial charge in [-0.25, -0.2) is 0 Å². The fraction of sp³-hybridized carbons (Fsp3) is 0.500. The van der Waals surface area contributed by atoms with Crippen molar-refractivity contribution in [3.63, 3.8) is 0 Å². The molecule has 0 fully saturated rings. The second kappa shape index (κ2) is 5.85. The molecule has 0 saturated carbocycles. The summed E-state index contributed by atoms with van der Waals surface area (Å²) in [6, 6.07) is 2.95. The molecule has 21 heavy (non-hydrogen) atoms. The fourth-order valence-corrected chi connectivity index (χ4v) is 2.39. The maximum absolute atomic E-state index is 11.6. The summed E-state index contributed by atoms with van der Waals surface area (Å²) in [7, 11) is 0. The first-order chi connectivity index (χ1) is 8.87. The van der Waals surface area contributed by atoms with Crippen molar-refractivity contribution in [3.05, 3.63) is 34.4 Å². The summed E-state index contributed by atoms with van der Waals surface area (Å²) in [4.78, 5) is 22.9. The van der Waals surface area contributed by atoms with Crippen LogP contribution in [0.2, 0.25) is 0 Å². The third-order valence-electron chi connectivity index (χ3n) is 3.19. The Morgan fingerprint density at radius 1 is 0.857 bits per heavy atom. The summed E-state index contributed by atoms with van der Waals surface area (Å²) >= 11 is 0. The number of benzene rings is 1. The van der Waals surface area contributed by atoms with Gasteiger partial charge < -0.3 is 25.3 Å². The summed E-state index contributed by atoms with van der Waals surface area (Å²) in [6.07, 6.45) is 0. The van der Waals surface area contributed by atoms with Gasteiger partial charge in [-0.05, 0) is 22.0 Å². The molecule has 118 valence electrons. The number of hydrogen-bond acceptors (Lipinski definition) is 4. The highest BCUT2D eigenvalue weighted by Gasteiger charge is 2.28. The van der Waals surface area contributed by atoms with Gasteiger partial charge in [0.25, 0.3) is 0 Å². The molecular weight excluding hydrogens is 272 g/mol. The number of carboxylic acid groups (broad SMARTS) is 2. The smallest absolute Gasteiger partial charge is 0.0721 e. The molecule has 1 rings (SSSR count). The van der Waals surface area contributed by atoms with Crippen LogP contribution in [0, 0.1) is 0 Å². The minimum absolute atomic E-state index is 0. The molecule has 0 saturated heterocycles. The monoisotopic (exact) mass is 294 g/mol. The lowest BCUT2D eigenvalue weighted by Crippen LogP contribution is -2.35. The van der Waals surface area contributed by atoms with Crippen molar-refractivity contribution < 1.29 is 25.3 Å². The molecule has 5 nitrogen and oxygen atoms in total. The van der Waals surface area contributed by atoms with Crippen LogP contribution in [0.4, 0.5) is 0 Å². The van der Waals surface area contributed by atoms with Gasteiger partial charge in [0.15, 0.2) is 0 Å². The molecule has 0 aliphatic rings. The average molecular weight is 294 g/mol. The molecule has 0 unspecified atom stereocenters. The number of hydrogen-bond donors (Lipinski definition) is 0. The fourth-order valence-electron chi connectivity index (χ4n) is 2.39. The molecule has 1 aromatic rings. The van der Waals surface area contributed by atoms with Crippen LogP contribution in [0.25, 0.3) is 0 Å². The van der Waals surface area contributed by atoms with Crippen molar-refractivity contribution in [1.82, 2.24) is 0 Å². The van der Waals surface area contributed by atoms with Crippen molar-refractivity contribution in [2.45, 2.75) is 52.4 Å². The minimum Gasteiger partial charge on any atom is -0.545 e. The van der Waals surface area contributed by atoms with Crippen LogP contribution in [0.15, 0.2) is 12.1 Å². The van der Waals surface area contributed by atoms with Gasteiger partial charge in [-0.3, -0.25) is 0 Å². The Morgan fingerprint density at radius 3 is 1.62 bits per heavy atom. The largest absolute Gasteiger partial charge is 0.545 e. The van der Waals surface area contributed by atoms with E-state index in [0.717, 1.165) is 0 Å². The highest BCUT2D eigenvalue weighted by molar-refractivity contribution is 5.97. The second-order valence-corrected chi connectivity index (χ2v) is 6.99. The van der Waals surface area contributed by atoms with Crippen LogP contribution in [0.5, 0.6) is 0 Å². The summed E-state index contributed by atoms with van der Waals surface area (Å²) in [5.41, 5.74) is -0.389. The van der Waals surface area contributed by atoms with Crippen LogP contribution in [0.3, 0.4) is 0 Å². The van der Waals surface area contributed by atoms with E-state index in [4.69, 9.17) is 0 Å². The van der Waals surface area contributed by atoms with E-state index in [9.17, 15) is 19.8 Å². The van der Waals surface area contributed by atoms with E-state index in [0.29, 0.717) is 5.56 Å². The molecule has 0 spiro atoms. The number of carbonyl (C=O) groups is 2. The Bertz CT molecular complexity index is 559. The lowest BCUT2D eigenvalue weighted by Gasteiger charge is -2.32. The van der Waals surface area contributed by atoms with Gasteiger partial charge in [-0.1, -0.05) is 53.7 Å². The van der Waals surface area contributed by atoms with Crippen LogP contribution in [-0.4, -0.2) is 17.4 Å². The highest BCUT2D eigenvalue weighted by atomic mass is 16.4. The van der Waals surface area contributed by atoms with Crippen molar-refractivity contribution in [2.24, 2.45) is 0 Å². The van der Waals surface area contributed by atoms with Crippen molar-refractivity contribution in [1.29, 1.82) is 0 Å². The van der Waals surface area contributed by atoms with Gasteiger partial charge in [0.05, 0.1) is 11.9 Å². The predicted molar refractivity (Wildman–Crippen MR) is 76.1 cm³/mol. The third kappa shape index (κ3) is 3.82. The van der Waals surface area contributed by atoms with Crippen LogP contribution < -0.4 is 10.2 Å². The molecule has 0 heterocycles. The quantitative estimate of drug-likeness (QED) is 0.774. The highest BCUT2D eigenvalue weighted by Crippen LogP contribution is 2.35. The van der Waals surface area contributed by atoms with Gasteiger partial charge in [-0.2, -0.15) is 0 Å². The molecule has 0 aromatic heterocycles. The first kappa shape index (κ1) is 19.1. The topological polar surface area (TPSA) is 112 Å². The zero-order valence-electron chi connectivity index (χ0n) is 13.3. The number of rotatable bonds is 2. The lowest BCUT2D eigenvalue weighted by atomic mass is 9.74. The molecule has 0 atom stereocenters. The van der Waals surface area contributed by atoms with Crippen LogP contribution >= 0.6 is 0 Å². The summed E-state index contributed by atoms with van der Waals surface area (Å²) < 4.78 is 0. The Kier molecular flexibility index (Phi) is 5.33. The molecule has 5 heteroatoms. The van der Waals surface area contributed by atoms with Gasteiger partial charge in [0, 0.05) is 11.1 Å². The molecule has 0 aliphatic heterocycles. The lowest BCUT2D eigenvalue weighted by molar-refractivity contribution is -0.255. The average Bonchev–Trinajstić information content (AvgIpc) is 2.24. The SMILES string of the molecule is CC(C)(C)c1ccc(C(=O)[O-])c(C(C)(C)C)c1C(=O)[O-].O. The van der Waals surface area contributed by atoms with Crippen molar-refractivity contribution in [3.8, 4) is 0 Å². The molecule has 0 aliphatic carbocycles. The first-order valence-electron chi connectivity index (χ1n) is 6.48. The summed E-state index contributed by atoms with van der Waals surface area (Å²) in [5.74, 6) is -2.74. The van der Waals surface area contributed by atoms with Crippen molar-refractivity contribution in [2.75, 3.05) is 0 Å². The van der Waals surface area contributed by atoms with E-state index in [-0.39, 0.29) is 22.2 Å². The van der Waals surface area contributed by atoms with E-state index in [1.807, 2.05) is 20.8 Å². The number of aromatic carboxylic acids is 2. The Balaban J connectivity index is 0.00000400. The molecule has 2 N–H and O–H groups in total. The minimum atomic E-state index is -1.38. The molecule has 1 aromatic carbocycles. The van der Waals surface area contributed by atoms with Gasteiger partial charge >= 0.3 is 0 Å². The molecule has 0 radical (unpaired) electrons. The predicted octanol–water partition coefficient (Wildman–Crippen LogP) is 0.184. The molecular formula is C16H22O5-2. The normalized spacial score (nSPS) is 11.7. The maximum Gasteiger partial charge on any atom is 0.0721 e. The van der Waals surface area contributed by atoms with Crippen molar-refractivity contribution >= 4 is 11.9 Å². The Hall–Kier alpha value is -1.88. The third-order valence-corrected chi connectivity index (χ3v) is 3.19. The van der Waals surface area contributed by atoms with Gasteiger partial charge in [0.2, 0.25) is 0 Å². The number of carbonyl (C=O) groups excluding carboxylic acids is 2. The van der Waals surface area contributed by atoms with Crippen LogP contribution in [-0.2, 0) is 10.8 Å². The van der Waals surface area contributed by atoms with E-state index in [2.05, 4.69) is 0 Å². The van der Waals surface area contributed by atoms with E-state index < -0.39 is 22.8 Å². The standard InChI is InChI=1S/C16H22O4.H2O/c1-15(2,3)10-8-7-9(13(17)18)12(16(4,5)6)11(10)14(19)20;/h7-8H,1-6H3,(H,17,18)(H,19,20);1H2/p-2. The Morgan fingerprint density at radius 2 is 1.33 bits per heavy atom. The number of carboxylic acids is 2. The van der Waals surface area contributed by atoms with Gasteiger partial charge in [-0.15, -0.1) is 0 Å². The van der Waals surface area contributed by atoms with Crippen LogP contribution in [0.1, 0.15) is 73.4 Å². The first-order valence-corrected chi connectivity index (χ1v) is 6.48. The Labute approximate surface area is 124 Å². The van der Waals surface area contributed by atoms with E-state index in [1.165, 1.54) is 12.1 Å². The maximum atomic E-state index is 11.6. The summed E-state index contributed by atoms with van der Waals surface area (Å²) in [6.45, 7) is 10.9. The second-order valence-electron chi connectivity index (χ2n) is 6.99.